The van der Waals surface area contributed by atoms with Gasteiger partial charge in [0.2, 0.25) is 0 Å². The first-order chi connectivity index (χ1) is 13.4. The van der Waals surface area contributed by atoms with Crippen molar-refractivity contribution in [1.82, 2.24) is 9.13 Å². The maximum atomic E-state index is 12.5. The van der Waals surface area contributed by atoms with E-state index in [0.717, 1.165) is 5.56 Å². The van der Waals surface area contributed by atoms with E-state index in [-0.39, 0.29) is 11.2 Å². The summed E-state index contributed by atoms with van der Waals surface area (Å²) < 4.78 is 13.3. The summed E-state index contributed by atoms with van der Waals surface area (Å²) in [7, 11) is 3.18. The normalized spacial score (nSPS) is 11.9. The molecule has 0 amide bonds. The first kappa shape index (κ1) is 21.2. The highest BCUT2D eigenvalue weighted by molar-refractivity contribution is 5.97. The number of benzene rings is 1. The third kappa shape index (κ3) is 4.24. The molecule has 7 nitrogen and oxygen atoms in total. The summed E-state index contributed by atoms with van der Waals surface area (Å²) in [4.78, 5) is 29.5. The predicted molar refractivity (Wildman–Crippen MR) is 112 cm³/mol. The summed E-state index contributed by atoms with van der Waals surface area (Å²) in [6, 6.07) is 5.59. The van der Waals surface area contributed by atoms with Crippen LogP contribution in [0.4, 0.5) is 5.82 Å². The molecule has 1 aromatic heterocycles. The zero-order valence-electron chi connectivity index (χ0n) is 17.3. The molecule has 150 valence electrons. The molecule has 0 saturated carbocycles. The summed E-state index contributed by atoms with van der Waals surface area (Å²) in [6.07, 6.45) is 3.72. The Hall–Kier alpha value is -3.09. The van der Waals surface area contributed by atoms with E-state index < -0.39 is 0 Å². The molecule has 0 aliphatic rings. The Kier molecular flexibility index (Phi) is 6.98. The summed E-state index contributed by atoms with van der Waals surface area (Å²) in [5.74, 6) is 1.69. The molecule has 0 N–H and O–H groups in total. The Bertz CT molecular complexity index is 1030. The minimum atomic E-state index is -0.337. The van der Waals surface area contributed by atoms with E-state index in [2.05, 4.69) is 4.99 Å². The molecule has 0 unspecified atom stereocenters. The average Bonchev–Trinajstić information content (AvgIpc) is 2.70. The van der Waals surface area contributed by atoms with Crippen molar-refractivity contribution in [3.05, 3.63) is 56.2 Å². The fourth-order valence-electron chi connectivity index (χ4n) is 2.91. The number of aromatic nitrogens is 2. The lowest BCUT2D eigenvalue weighted by Gasteiger charge is -2.13. The number of aliphatic imine (C=N–C) groups is 1. The molecule has 0 spiro atoms. The van der Waals surface area contributed by atoms with Crippen LogP contribution < -0.4 is 20.7 Å². The van der Waals surface area contributed by atoms with Crippen LogP contribution in [0.15, 0.2) is 38.9 Å². The SMILES string of the molecule is CCn1c(/N=C(C)/C=C/c2ccc(OC)c(OC)c2)c(C)c(=O)n(CC)c1=O. The van der Waals surface area contributed by atoms with Crippen molar-refractivity contribution in [2.45, 2.75) is 40.8 Å². The summed E-state index contributed by atoms with van der Waals surface area (Å²) in [5.41, 5.74) is 1.41. The zero-order valence-corrected chi connectivity index (χ0v) is 17.3. The number of hydrogen-bond donors (Lipinski definition) is 0. The number of allylic oxidation sites excluding steroid dienone is 1. The molecule has 0 bridgehead atoms. The van der Waals surface area contributed by atoms with Crippen molar-refractivity contribution in [3.63, 3.8) is 0 Å². The average molecular weight is 385 g/mol. The minimum Gasteiger partial charge on any atom is -0.493 e. The van der Waals surface area contributed by atoms with Gasteiger partial charge in [0.25, 0.3) is 5.56 Å². The summed E-state index contributed by atoms with van der Waals surface area (Å²) in [5, 5.41) is 0. The maximum absolute atomic E-state index is 12.5. The second-order valence-corrected chi connectivity index (χ2v) is 6.23. The van der Waals surface area contributed by atoms with E-state index in [4.69, 9.17) is 9.47 Å². The van der Waals surface area contributed by atoms with Gasteiger partial charge in [-0.3, -0.25) is 13.9 Å². The second kappa shape index (κ2) is 9.21. The van der Waals surface area contributed by atoms with Crippen LogP contribution in [0, 0.1) is 6.92 Å². The molecular formula is C21H27N3O4. The lowest BCUT2D eigenvalue weighted by Crippen LogP contribution is -2.40. The van der Waals surface area contributed by atoms with E-state index in [0.29, 0.717) is 41.7 Å². The third-order valence-electron chi connectivity index (χ3n) is 4.46. The maximum Gasteiger partial charge on any atom is 0.332 e. The van der Waals surface area contributed by atoms with E-state index in [9.17, 15) is 9.59 Å². The molecule has 0 atom stereocenters. The Morgan fingerprint density at radius 2 is 1.71 bits per heavy atom. The molecule has 2 rings (SSSR count). The van der Waals surface area contributed by atoms with Crippen LogP contribution in [0.3, 0.4) is 0 Å². The summed E-state index contributed by atoms with van der Waals surface area (Å²) >= 11 is 0. The van der Waals surface area contributed by atoms with Crippen LogP contribution in [0.1, 0.15) is 31.9 Å². The standard InChI is InChI=1S/C21H27N3O4/c1-7-23-19(15(4)20(25)24(8-2)21(23)26)22-14(3)9-10-16-11-12-17(27-5)18(13-16)28-6/h9-13H,7-8H2,1-6H3/b10-9+,22-14+. The molecule has 1 aromatic carbocycles. The van der Waals surface area contributed by atoms with Crippen LogP contribution >= 0.6 is 0 Å². The van der Waals surface area contributed by atoms with Gasteiger partial charge < -0.3 is 9.47 Å². The first-order valence-electron chi connectivity index (χ1n) is 9.17. The van der Waals surface area contributed by atoms with Gasteiger partial charge in [-0.15, -0.1) is 0 Å². The van der Waals surface area contributed by atoms with Crippen LogP contribution in [0.5, 0.6) is 11.5 Å². The molecule has 0 fully saturated rings. The van der Waals surface area contributed by atoms with Crippen LogP contribution in [-0.2, 0) is 13.1 Å². The van der Waals surface area contributed by atoms with Gasteiger partial charge in [0.1, 0.15) is 5.82 Å². The van der Waals surface area contributed by atoms with Gasteiger partial charge in [0.05, 0.1) is 19.8 Å². The smallest absolute Gasteiger partial charge is 0.332 e. The Balaban J connectivity index is 2.45. The van der Waals surface area contributed by atoms with Crippen molar-refractivity contribution in [2.75, 3.05) is 14.2 Å². The monoisotopic (exact) mass is 385 g/mol. The molecule has 7 heteroatoms. The molecule has 0 saturated heterocycles. The van der Waals surface area contributed by atoms with Crippen molar-refractivity contribution in [2.24, 2.45) is 4.99 Å². The highest BCUT2D eigenvalue weighted by Crippen LogP contribution is 2.28. The van der Waals surface area contributed by atoms with Crippen molar-refractivity contribution >= 4 is 17.6 Å². The van der Waals surface area contributed by atoms with Gasteiger partial charge in [0, 0.05) is 18.8 Å². The predicted octanol–water partition coefficient (Wildman–Crippen LogP) is 3.18. The number of nitrogens with zero attached hydrogens (tertiary/aromatic N) is 3. The largest absolute Gasteiger partial charge is 0.493 e. The lowest BCUT2D eigenvalue weighted by atomic mass is 10.1. The number of rotatable bonds is 7. The van der Waals surface area contributed by atoms with Gasteiger partial charge in [0.15, 0.2) is 11.5 Å². The van der Waals surface area contributed by atoms with E-state index >= 15 is 0 Å². The highest BCUT2D eigenvalue weighted by Gasteiger charge is 2.14. The zero-order chi connectivity index (χ0) is 20.8. The first-order valence-corrected chi connectivity index (χ1v) is 9.17. The quantitative estimate of drug-likeness (QED) is 0.686. The summed E-state index contributed by atoms with van der Waals surface area (Å²) in [6.45, 7) is 7.93. The van der Waals surface area contributed by atoms with Crippen LogP contribution in [-0.4, -0.2) is 29.1 Å². The molecule has 0 radical (unpaired) electrons. The second-order valence-electron chi connectivity index (χ2n) is 6.23. The fraction of sp³-hybridized carbons (Fsp3) is 0.381. The van der Waals surface area contributed by atoms with Gasteiger partial charge in [-0.05, 0) is 51.5 Å². The number of ether oxygens (including phenoxy) is 2. The fourth-order valence-corrected chi connectivity index (χ4v) is 2.91. The topological polar surface area (TPSA) is 74.8 Å². The third-order valence-corrected chi connectivity index (χ3v) is 4.46. The Labute approximate surface area is 164 Å². The molecule has 28 heavy (non-hydrogen) atoms. The van der Waals surface area contributed by atoms with E-state index in [1.807, 2.05) is 44.2 Å². The van der Waals surface area contributed by atoms with Crippen molar-refractivity contribution in [1.29, 1.82) is 0 Å². The van der Waals surface area contributed by atoms with E-state index in [1.54, 1.807) is 28.1 Å². The number of hydrogen-bond acceptors (Lipinski definition) is 5. The molecular weight excluding hydrogens is 358 g/mol. The minimum absolute atomic E-state index is 0.298. The Morgan fingerprint density at radius 3 is 2.29 bits per heavy atom. The van der Waals surface area contributed by atoms with Gasteiger partial charge in [-0.2, -0.15) is 0 Å². The molecule has 0 aliphatic carbocycles. The lowest BCUT2D eigenvalue weighted by molar-refractivity contribution is 0.355. The van der Waals surface area contributed by atoms with Crippen LogP contribution in [0.2, 0.25) is 0 Å². The van der Waals surface area contributed by atoms with Crippen LogP contribution in [0.25, 0.3) is 6.08 Å². The highest BCUT2D eigenvalue weighted by atomic mass is 16.5. The molecule has 2 aromatic rings. The van der Waals surface area contributed by atoms with Crippen molar-refractivity contribution < 1.29 is 9.47 Å². The molecule has 0 aliphatic heterocycles. The van der Waals surface area contributed by atoms with Gasteiger partial charge >= 0.3 is 5.69 Å². The van der Waals surface area contributed by atoms with Crippen molar-refractivity contribution in [3.8, 4) is 11.5 Å². The van der Waals surface area contributed by atoms with Gasteiger partial charge in [-0.1, -0.05) is 12.1 Å². The molecule has 1 heterocycles. The van der Waals surface area contributed by atoms with Gasteiger partial charge in [-0.25, -0.2) is 9.79 Å². The van der Waals surface area contributed by atoms with E-state index in [1.165, 1.54) is 9.13 Å². The number of methoxy groups -OCH3 is 2. The Morgan fingerprint density at radius 1 is 1.07 bits per heavy atom.